The van der Waals surface area contributed by atoms with Gasteiger partial charge < -0.3 is 5.32 Å². The summed E-state index contributed by atoms with van der Waals surface area (Å²) in [6.07, 6.45) is 6.04. The second-order valence-corrected chi connectivity index (χ2v) is 7.11. The van der Waals surface area contributed by atoms with E-state index < -0.39 is 0 Å². The molecule has 2 atom stereocenters. The second kappa shape index (κ2) is 6.85. The van der Waals surface area contributed by atoms with Gasteiger partial charge in [-0.3, -0.25) is 9.69 Å². The second-order valence-electron chi connectivity index (χ2n) is 7.11. The molecule has 1 amide bonds. The van der Waals surface area contributed by atoms with Gasteiger partial charge in [0.05, 0.1) is 0 Å². The first kappa shape index (κ1) is 16.1. The van der Waals surface area contributed by atoms with Crippen LogP contribution in [0.15, 0.2) is 60.7 Å². The molecule has 2 bridgehead atoms. The molecule has 25 heavy (non-hydrogen) atoms. The van der Waals surface area contributed by atoms with Gasteiger partial charge in [0.2, 0.25) is 5.91 Å². The van der Waals surface area contributed by atoms with E-state index in [0.29, 0.717) is 12.1 Å². The maximum Gasteiger partial charge on any atom is 0.221 e. The highest BCUT2D eigenvalue weighted by Gasteiger charge is 2.36. The van der Waals surface area contributed by atoms with Crippen LogP contribution < -0.4 is 5.32 Å². The lowest BCUT2D eigenvalue weighted by atomic mass is 9.94. The van der Waals surface area contributed by atoms with Gasteiger partial charge in [0.25, 0.3) is 0 Å². The minimum Gasteiger partial charge on any atom is -0.326 e. The van der Waals surface area contributed by atoms with Gasteiger partial charge in [0.15, 0.2) is 0 Å². The van der Waals surface area contributed by atoms with Gasteiger partial charge in [-0.05, 0) is 48.1 Å². The molecule has 1 N–H and O–H groups in total. The SMILES string of the molecule is CC(=O)Nc1cccc(C2=CC3CCC(C2)N3Cc2ccccc2)c1. The van der Waals surface area contributed by atoms with Gasteiger partial charge in [-0.1, -0.05) is 48.5 Å². The summed E-state index contributed by atoms with van der Waals surface area (Å²) in [4.78, 5) is 13.9. The molecule has 2 aliphatic heterocycles. The Kier molecular flexibility index (Phi) is 4.41. The molecular formula is C22H24N2O. The summed E-state index contributed by atoms with van der Waals surface area (Å²) >= 11 is 0. The molecule has 2 aliphatic rings. The molecule has 0 aromatic heterocycles. The van der Waals surface area contributed by atoms with Crippen molar-refractivity contribution in [3.63, 3.8) is 0 Å². The van der Waals surface area contributed by atoms with Crippen LogP contribution in [0, 0.1) is 0 Å². The van der Waals surface area contributed by atoms with Crippen molar-refractivity contribution in [1.29, 1.82) is 0 Å². The van der Waals surface area contributed by atoms with E-state index >= 15 is 0 Å². The number of rotatable bonds is 4. The van der Waals surface area contributed by atoms with Crippen LogP contribution in [0.5, 0.6) is 0 Å². The highest BCUT2D eigenvalue weighted by molar-refractivity contribution is 5.89. The molecule has 4 rings (SSSR count). The molecule has 0 spiro atoms. The van der Waals surface area contributed by atoms with Crippen molar-refractivity contribution in [2.24, 2.45) is 0 Å². The van der Waals surface area contributed by atoms with Crippen LogP contribution in [0.25, 0.3) is 5.57 Å². The summed E-state index contributed by atoms with van der Waals surface area (Å²) in [5.41, 5.74) is 4.93. The van der Waals surface area contributed by atoms with Crippen molar-refractivity contribution in [3.8, 4) is 0 Å². The van der Waals surface area contributed by atoms with Gasteiger partial charge in [-0.15, -0.1) is 0 Å². The third-order valence-corrected chi connectivity index (χ3v) is 5.30. The highest BCUT2D eigenvalue weighted by Crippen LogP contribution is 2.39. The van der Waals surface area contributed by atoms with Crippen LogP contribution in [0.2, 0.25) is 0 Å². The van der Waals surface area contributed by atoms with E-state index in [9.17, 15) is 4.79 Å². The minimum atomic E-state index is -0.0242. The summed E-state index contributed by atoms with van der Waals surface area (Å²) in [6.45, 7) is 2.58. The fourth-order valence-corrected chi connectivity index (χ4v) is 4.17. The van der Waals surface area contributed by atoms with E-state index in [2.05, 4.69) is 58.8 Å². The van der Waals surface area contributed by atoms with Gasteiger partial charge in [-0.25, -0.2) is 0 Å². The maximum absolute atomic E-state index is 11.3. The molecule has 3 nitrogen and oxygen atoms in total. The van der Waals surface area contributed by atoms with Crippen molar-refractivity contribution < 1.29 is 4.79 Å². The smallest absolute Gasteiger partial charge is 0.221 e. The fourth-order valence-electron chi connectivity index (χ4n) is 4.17. The molecule has 128 valence electrons. The van der Waals surface area contributed by atoms with Crippen molar-refractivity contribution in [2.75, 3.05) is 5.32 Å². The Hall–Kier alpha value is -2.39. The first-order chi connectivity index (χ1) is 12.2. The van der Waals surface area contributed by atoms with Crippen LogP contribution in [0.1, 0.15) is 37.3 Å². The predicted molar refractivity (Wildman–Crippen MR) is 102 cm³/mol. The topological polar surface area (TPSA) is 32.3 Å². The molecule has 2 aromatic carbocycles. The van der Waals surface area contributed by atoms with E-state index in [1.807, 2.05) is 12.1 Å². The molecule has 0 saturated carbocycles. The summed E-state index contributed by atoms with van der Waals surface area (Å²) in [6, 6.07) is 20.1. The normalized spacial score (nSPS) is 22.5. The van der Waals surface area contributed by atoms with Crippen LogP contribution in [-0.4, -0.2) is 22.9 Å². The van der Waals surface area contributed by atoms with Crippen molar-refractivity contribution in [3.05, 3.63) is 71.8 Å². The van der Waals surface area contributed by atoms with Gasteiger partial charge >= 0.3 is 0 Å². The number of nitrogens with zero attached hydrogens (tertiary/aromatic N) is 1. The zero-order chi connectivity index (χ0) is 17.2. The zero-order valence-corrected chi connectivity index (χ0v) is 14.6. The largest absolute Gasteiger partial charge is 0.326 e. The average molecular weight is 332 g/mol. The van der Waals surface area contributed by atoms with Crippen molar-refractivity contribution >= 4 is 17.2 Å². The molecule has 0 aliphatic carbocycles. The summed E-state index contributed by atoms with van der Waals surface area (Å²) in [7, 11) is 0. The Balaban J connectivity index is 1.54. The quantitative estimate of drug-likeness (QED) is 0.896. The number of amides is 1. The number of benzene rings is 2. The molecule has 2 heterocycles. The number of carbonyl (C=O) groups excluding carboxylic acids is 1. The zero-order valence-electron chi connectivity index (χ0n) is 14.6. The molecule has 0 radical (unpaired) electrons. The number of fused-ring (bicyclic) bond motifs is 2. The molecule has 1 fully saturated rings. The number of hydrogen-bond donors (Lipinski definition) is 1. The van der Waals surface area contributed by atoms with Crippen LogP contribution in [0.4, 0.5) is 5.69 Å². The Labute approximate surface area is 149 Å². The summed E-state index contributed by atoms with van der Waals surface area (Å²) < 4.78 is 0. The Morgan fingerprint density at radius 2 is 1.96 bits per heavy atom. The van der Waals surface area contributed by atoms with E-state index in [0.717, 1.165) is 18.7 Å². The standard InChI is InChI=1S/C22H24N2O/c1-16(25)23-20-9-5-8-18(12-20)19-13-21-10-11-22(14-19)24(21)15-17-6-3-2-4-7-17/h2-9,12-13,21-22H,10-11,14-15H2,1H3,(H,23,25). The maximum atomic E-state index is 11.3. The number of anilines is 1. The van der Waals surface area contributed by atoms with Gasteiger partial charge in [0.1, 0.15) is 0 Å². The Morgan fingerprint density at radius 3 is 2.72 bits per heavy atom. The Morgan fingerprint density at radius 1 is 1.12 bits per heavy atom. The van der Waals surface area contributed by atoms with Crippen LogP contribution >= 0.6 is 0 Å². The van der Waals surface area contributed by atoms with E-state index in [1.165, 1.54) is 29.5 Å². The van der Waals surface area contributed by atoms with Crippen LogP contribution in [0.3, 0.4) is 0 Å². The van der Waals surface area contributed by atoms with Crippen molar-refractivity contribution in [2.45, 2.75) is 44.8 Å². The molecule has 2 unspecified atom stereocenters. The average Bonchev–Trinajstić information content (AvgIpc) is 2.84. The van der Waals surface area contributed by atoms with E-state index in [4.69, 9.17) is 0 Å². The molecule has 2 aromatic rings. The fraction of sp³-hybridized carbons (Fsp3) is 0.318. The molecule has 1 saturated heterocycles. The number of nitrogens with one attached hydrogen (secondary N) is 1. The minimum absolute atomic E-state index is 0.0242. The summed E-state index contributed by atoms with van der Waals surface area (Å²) in [5.74, 6) is -0.0242. The number of hydrogen-bond acceptors (Lipinski definition) is 2. The molecule has 3 heteroatoms. The lowest BCUT2D eigenvalue weighted by molar-refractivity contribution is -0.114. The molecular weight excluding hydrogens is 308 g/mol. The van der Waals surface area contributed by atoms with Crippen molar-refractivity contribution in [1.82, 2.24) is 4.90 Å². The van der Waals surface area contributed by atoms with Gasteiger partial charge in [0, 0.05) is 31.2 Å². The van der Waals surface area contributed by atoms with Gasteiger partial charge in [-0.2, -0.15) is 0 Å². The third-order valence-electron chi connectivity index (χ3n) is 5.30. The van der Waals surface area contributed by atoms with E-state index in [-0.39, 0.29) is 5.91 Å². The first-order valence-corrected chi connectivity index (χ1v) is 9.07. The monoisotopic (exact) mass is 332 g/mol. The summed E-state index contributed by atoms with van der Waals surface area (Å²) in [5, 5.41) is 2.89. The lowest BCUT2D eigenvalue weighted by Gasteiger charge is -2.34. The van der Waals surface area contributed by atoms with Crippen LogP contribution in [-0.2, 0) is 11.3 Å². The number of carbonyl (C=O) groups is 1. The third kappa shape index (κ3) is 3.52. The predicted octanol–water partition coefficient (Wildman–Crippen LogP) is 4.47. The highest BCUT2D eigenvalue weighted by atomic mass is 16.1. The van der Waals surface area contributed by atoms with E-state index in [1.54, 1.807) is 6.92 Å². The Bertz CT molecular complexity index is 797. The lowest BCUT2D eigenvalue weighted by Crippen LogP contribution is -2.37. The first-order valence-electron chi connectivity index (χ1n) is 9.07.